The van der Waals surface area contributed by atoms with Gasteiger partial charge in [-0.25, -0.2) is 8.42 Å². The van der Waals surface area contributed by atoms with Crippen molar-refractivity contribution in [3.63, 3.8) is 0 Å². The molecule has 0 aliphatic carbocycles. The molecule has 2 aliphatic heterocycles. The van der Waals surface area contributed by atoms with Gasteiger partial charge in [0.05, 0.1) is 12.0 Å². The lowest BCUT2D eigenvalue weighted by Crippen LogP contribution is -2.35. The number of hydrogen-bond acceptors (Lipinski definition) is 5. The molecule has 1 saturated heterocycles. The Morgan fingerprint density at radius 3 is 2.52 bits per heavy atom. The van der Waals surface area contributed by atoms with Gasteiger partial charge in [-0.1, -0.05) is 18.2 Å². The van der Waals surface area contributed by atoms with Crippen LogP contribution >= 0.6 is 0 Å². The number of hydrogen-bond donors (Lipinski definition) is 0. The number of ether oxygens (including phenoxy) is 1. The second kappa shape index (κ2) is 8.34. The predicted molar refractivity (Wildman–Crippen MR) is 115 cm³/mol. The van der Waals surface area contributed by atoms with Crippen molar-refractivity contribution in [1.82, 2.24) is 9.21 Å². The van der Waals surface area contributed by atoms with E-state index in [1.54, 1.807) is 17.5 Å². The van der Waals surface area contributed by atoms with Crippen LogP contribution in [0.3, 0.4) is 0 Å². The Morgan fingerprint density at radius 1 is 0.966 bits per heavy atom. The minimum absolute atomic E-state index is 0.411. The van der Waals surface area contributed by atoms with Crippen LogP contribution in [-0.4, -0.2) is 64.5 Å². The number of anilines is 1. The molecule has 2 heterocycles. The summed E-state index contributed by atoms with van der Waals surface area (Å²) in [6.45, 7) is 4.48. The zero-order chi connectivity index (χ0) is 20.4. The van der Waals surface area contributed by atoms with E-state index in [-0.39, 0.29) is 0 Å². The molecule has 0 atom stereocenters. The molecule has 0 saturated carbocycles. The molecule has 1 fully saturated rings. The number of rotatable bonds is 5. The van der Waals surface area contributed by atoms with Crippen LogP contribution in [0.2, 0.25) is 0 Å². The first-order valence-corrected chi connectivity index (χ1v) is 11.6. The quantitative estimate of drug-likeness (QED) is 0.751. The molecule has 0 unspecified atom stereocenters. The number of nitrogens with zero attached hydrogens (tertiary/aromatic N) is 3. The Morgan fingerprint density at radius 2 is 1.76 bits per heavy atom. The van der Waals surface area contributed by atoms with Gasteiger partial charge in [-0.05, 0) is 54.8 Å². The summed E-state index contributed by atoms with van der Waals surface area (Å²) in [4.78, 5) is 4.87. The van der Waals surface area contributed by atoms with Crippen molar-refractivity contribution in [3.05, 3.63) is 53.6 Å². The van der Waals surface area contributed by atoms with Gasteiger partial charge in [-0.15, -0.1) is 0 Å². The lowest BCUT2D eigenvalue weighted by molar-refractivity contribution is 0.278. The molecule has 0 spiro atoms. The number of sulfonamides is 1. The molecular formula is C22H29N3O3S. The van der Waals surface area contributed by atoms with Gasteiger partial charge in [0.25, 0.3) is 0 Å². The largest absolute Gasteiger partial charge is 0.497 e. The third-order valence-electron chi connectivity index (χ3n) is 5.94. The average molecular weight is 416 g/mol. The van der Waals surface area contributed by atoms with Crippen molar-refractivity contribution in [3.8, 4) is 5.75 Å². The summed E-state index contributed by atoms with van der Waals surface area (Å²) >= 11 is 0. The van der Waals surface area contributed by atoms with Gasteiger partial charge in [-0.2, -0.15) is 4.31 Å². The molecule has 0 N–H and O–H groups in total. The molecule has 0 radical (unpaired) electrons. The highest BCUT2D eigenvalue weighted by atomic mass is 32.2. The molecule has 2 aromatic rings. The van der Waals surface area contributed by atoms with Crippen LogP contribution in [0, 0.1) is 0 Å². The normalized spacial score (nSPS) is 18.5. The van der Waals surface area contributed by atoms with Crippen molar-refractivity contribution >= 4 is 15.7 Å². The second-order valence-corrected chi connectivity index (χ2v) is 9.78. The van der Waals surface area contributed by atoms with Crippen molar-refractivity contribution in [2.45, 2.75) is 24.3 Å². The van der Waals surface area contributed by atoms with Crippen molar-refractivity contribution in [2.75, 3.05) is 51.8 Å². The first kappa shape index (κ1) is 20.2. The van der Waals surface area contributed by atoms with Crippen molar-refractivity contribution in [1.29, 1.82) is 0 Å². The molecule has 0 amide bonds. The van der Waals surface area contributed by atoms with Crippen LogP contribution in [0.1, 0.15) is 17.5 Å². The number of fused-ring (bicyclic) bond motifs is 1. The third-order valence-corrected chi connectivity index (χ3v) is 7.83. The molecule has 2 aromatic carbocycles. The van der Waals surface area contributed by atoms with Crippen LogP contribution < -0.4 is 9.64 Å². The Kier molecular flexibility index (Phi) is 5.81. The van der Waals surface area contributed by atoms with Gasteiger partial charge >= 0.3 is 0 Å². The van der Waals surface area contributed by atoms with Crippen molar-refractivity contribution < 1.29 is 13.2 Å². The van der Waals surface area contributed by atoms with Gasteiger partial charge in [0, 0.05) is 45.5 Å². The van der Waals surface area contributed by atoms with E-state index >= 15 is 0 Å². The van der Waals surface area contributed by atoms with Gasteiger partial charge < -0.3 is 9.64 Å². The smallest absolute Gasteiger partial charge is 0.243 e. The van der Waals surface area contributed by atoms with E-state index in [9.17, 15) is 8.42 Å². The topological polar surface area (TPSA) is 53.1 Å². The van der Waals surface area contributed by atoms with Crippen LogP contribution in [0.15, 0.2) is 47.4 Å². The Labute approximate surface area is 173 Å². The summed E-state index contributed by atoms with van der Waals surface area (Å²) in [5.74, 6) is 0.849. The summed E-state index contributed by atoms with van der Waals surface area (Å²) in [7, 11) is 0.211. The highest BCUT2D eigenvalue weighted by Crippen LogP contribution is 2.30. The van der Waals surface area contributed by atoms with E-state index in [1.165, 1.54) is 11.1 Å². The minimum Gasteiger partial charge on any atom is -0.497 e. The second-order valence-electron chi connectivity index (χ2n) is 7.84. The minimum atomic E-state index is -3.47. The van der Waals surface area contributed by atoms with Gasteiger partial charge in [0.2, 0.25) is 10.0 Å². The first-order chi connectivity index (χ1) is 14.0. The fraction of sp³-hybridized carbons (Fsp3) is 0.455. The SMILES string of the molecule is COc1ccc(CN2CCCN(S(=O)(=O)c3ccc4c(c3)N(C)CC4)CC2)cc1. The lowest BCUT2D eigenvalue weighted by Gasteiger charge is -2.22. The van der Waals surface area contributed by atoms with Crippen LogP contribution in [0.25, 0.3) is 0 Å². The van der Waals surface area contributed by atoms with E-state index in [1.807, 2.05) is 31.3 Å². The molecule has 7 heteroatoms. The molecule has 0 bridgehead atoms. The number of methoxy groups -OCH3 is 1. The third kappa shape index (κ3) is 4.27. The highest BCUT2D eigenvalue weighted by Gasteiger charge is 2.28. The van der Waals surface area contributed by atoms with E-state index in [0.29, 0.717) is 18.0 Å². The molecule has 6 nitrogen and oxygen atoms in total. The Hall–Kier alpha value is -2.09. The van der Waals surface area contributed by atoms with Gasteiger partial charge in [-0.3, -0.25) is 4.90 Å². The molecule has 0 aromatic heterocycles. The summed E-state index contributed by atoms with van der Waals surface area (Å²) in [6.07, 6.45) is 1.82. The fourth-order valence-electron chi connectivity index (χ4n) is 4.16. The summed E-state index contributed by atoms with van der Waals surface area (Å²) in [5.41, 5.74) is 3.48. The maximum atomic E-state index is 13.3. The maximum absolute atomic E-state index is 13.3. The standard InChI is InChI=1S/C22H29N3O3S/c1-23-13-10-19-6-9-21(16-22(19)23)29(26,27)25-12-3-11-24(14-15-25)17-18-4-7-20(28-2)8-5-18/h4-9,16H,3,10-15,17H2,1-2H3. The van der Waals surface area contributed by atoms with Crippen LogP contribution in [-0.2, 0) is 23.0 Å². The van der Waals surface area contributed by atoms with Gasteiger partial charge in [0.15, 0.2) is 0 Å². The van der Waals surface area contributed by atoms with Crippen LogP contribution in [0.4, 0.5) is 5.69 Å². The lowest BCUT2D eigenvalue weighted by atomic mass is 10.2. The predicted octanol–water partition coefficient (Wildman–Crippen LogP) is 2.58. The zero-order valence-corrected chi connectivity index (χ0v) is 18.0. The first-order valence-electron chi connectivity index (χ1n) is 10.2. The van der Waals surface area contributed by atoms with Gasteiger partial charge in [0.1, 0.15) is 5.75 Å². The molecular weight excluding hydrogens is 386 g/mol. The van der Waals surface area contributed by atoms with E-state index in [4.69, 9.17) is 4.74 Å². The van der Waals surface area contributed by atoms with E-state index in [2.05, 4.69) is 21.9 Å². The molecule has 156 valence electrons. The maximum Gasteiger partial charge on any atom is 0.243 e. The van der Waals surface area contributed by atoms with E-state index < -0.39 is 10.0 Å². The highest BCUT2D eigenvalue weighted by molar-refractivity contribution is 7.89. The average Bonchev–Trinajstić information content (AvgIpc) is 2.94. The fourth-order valence-corrected chi connectivity index (χ4v) is 5.65. The van der Waals surface area contributed by atoms with Crippen LogP contribution in [0.5, 0.6) is 5.75 Å². The monoisotopic (exact) mass is 415 g/mol. The summed E-state index contributed by atoms with van der Waals surface area (Å²) in [5, 5.41) is 0. The number of likely N-dealkylation sites (N-methyl/N-ethyl adjacent to an activating group) is 1. The van der Waals surface area contributed by atoms with Crippen molar-refractivity contribution in [2.24, 2.45) is 0 Å². The zero-order valence-electron chi connectivity index (χ0n) is 17.2. The Balaban J connectivity index is 1.44. The molecule has 2 aliphatic rings. The Bertz CT molecular complexity index is 960. The molecule has 4 rings (SSSR count). The van der Waals surface area contributed by atoms with E-state index in [0.717, 1.165) is 50.5 Å². The number of benzene rings is 2. The molecule has 29 heavy (non-hydrogen) atoms. The summed E-state index contributed by atoms with van der Waals surface area (Å²) in [6, 6.07) is 13.7. The summed E-state index contributed by atoms with van der Waals surface area (Å²) < 4.78 is 33.4.